The quantitative estimate of drug-likeness (QED) is 0.656. The standard InChI is InChI=1S/C14H15NO3S2/c1-2-18-13(17)12-11(10-6-4-3-5-7-10)15-14(20-12)19-9-8-16/h3-7,16H,2,8-9H2,1H3. The monoisotopic (exact) mass is 309 g/mol. The van der Waals surface area contributed by atoms with Crippen LogP contribution in [-0.4, -0.2) is 35.0 Å². The van der Waals surface area contributed by atoms with Crippen molar-refractivity contribution in [2.24, 2.45) is 0 Å². The Morgan fingerprint density at radius 2 is 2.15 bits per heavy atom. The third-order valence-corrected chi connectivity index (χ3v) is 4.59. The largest absolute Gasteiger partial charge is 0.462 e. The summed E-state index contributed by atoms with van der Waals surface area (Å²) in [5.74, 6) is 0.212. The second-order valence-electron chi connectivity index (χ2n) is 3.82. The van der Waals surface area contributed by atoms with E-state index < -0.39 is 0 Å². The number of aliphatic hydroxyl groups is 1. The van der Waals surface area contributed by atoms with Gasteiger partial charge in [-0.15, -0.1) is 0 Å². The van der Waals surface area contributed by atoms with Crippen molar-refractivity contribution >= 4 is 29.1 Å². The molecule has 0 unspecified atom stereocenters. The van der Waals surface area contributed by atoms with Crippen molar-refractivity contribution in [3.8, 4) is 11.3 Å². The number of aliphatic hydroxyl groups excluding tert-OH is 1. The van der Waals surface area contributed by atoms with E-state index in [1.807, 2.05) is 30.3 Å². The molecule has 0 fully saturated rings. The van der Waals surface area contributed by atoms with Crippen molar-refractivity contribution in [2.75, 3.05) is 19.0 Å². The number of nitrogens with zero attached hydrogens (tertiary/aromatic N) is 1. The summed E-state index contributed by atoms with van der Waals surface area (Å²) in [6, 6.07) is 9.56. The van der Waals surface area contributed by atoms with Gasteiger partial charge in [0.1, 0.15) is 4.88 Å². The molecule has 2 aromatic rings. The molecule has 0 atom stereocenters. The number of carbonyl (C=O) groups is 1. The van der Waals surface area contributed by atoms with Crippen LogP contribution < -0.4 is 0 Å². The van der Waals surface area contributed by atoms with E-state index in [1.165, 1.54) is 23.1 Å². The number of thiazole rings is 1. The van der Waals surface area contributed by atoms with Gasteiger partial charge in [-0.3, -0.25) is 0 Å². The number of hydrogen-bond acceptors (Lipinski definition) is 6. The van der Waals surface area contributed by atoms with Crippen molar-refractivity contribution in [1.82, 2.24) is 4.98 Å². The summed E-state index contributed by atoms with van der Waals surface area (Å²) in [5, 5.41) is 8.88. The van der Waals surface area contributed by atoms with E-state index in [2.05, 4.69) is 4.98 Å². The summed E-state index contributed by atoms with van der Waals surface area (Å²) in [6.45, 7) is 2.20. The fraction of sp³-hybridized carbons (Fsp3) is 0.286. The number of esters is 1. The van der Waals surface area contributed by atoms with Gasteiger partial charge in [0, 0.05) is 11.3 Å². The predicted octanol–water partition coefficient (Wildman–Crippen LogP) is 3.07. The molecule has 2 rings (SSSR count). The highest BCUT2D eigenvalue weighted by atomic mass is 32.2. The Bertz CT molecular complexity index is 569. The van der Waals surface area contributed by atoms with Crippen LogP contribution in [0, 0.1) is 0 Å². The zero-order valence-corrected chi connectivity index (χ0v) is 12.7. The summed E-state index contributed by atoms with van der Waals surface area (Å²) in [7, 11) is 0. The van der Waals surface area contributed by atoms with Crippen LogP contribution >= 0.6 is 23.1 Å². The molecule has 0 aliphatic rings. The van der Waals surface area contributed by atoms with E-state index in [-0.39, 0.29) is 12.6 Å². The van der Waals surface area contributed by atoms with Crippen molar-refractivity contribution in [3.63, 3.8) is 0 Å². The first-order valence-corrected chi connectivity index (χ1v) is 8.03. The highest BCUT2D eigenvalue weighted by Gasteiger charge is 2.20. The zero-order chi connectivity index (χ0) is 14.4. The topological polar surface area (TPSA) is 59.4 Å². The number of benzene rings is 1. The number of carbonyl (C=O) groups excluding carboxylic acids is 1. The second-order valence-corrected chi connectivity index (χ2v) is 6.16. The third kappa shape index (κ3) is 3.59. The van der Waals surface area contributed by atoms with Crippen molar-refractivity contribution in [2.45, 2.75) is 11.3 Å². The predicted molar refractivity (Wildman–Crippen MR) is 81.3 cm³/mol. The van der Waals surface area contributed by atoms with Gasteiger partial charge in [0.25, 0.3) is 0 Å². The fourth-order valence-corrected chi connectivity index (χ4v) is 3.49. The first-order chi connectivity index (χ1) is 9.76. The maximum absolute atomic E-state index is 12.0. The van der Waals surface area contributed by atoms with Crippen LogP contribution in [0.15, 0.2) is 34.7 Å². The highest BCUT2D eigenvalue weighted by Crippen LogP contribution is 2.33. The van der Waals surface area contributed by atoms with E-state index in [0.717, 1.165) is 9.90 Å². The molecule has 20 heavy (non-hydrogen) atoms. The van der Waals surface area contributed by atoms with Gasteiger partial charge in [0.2, 0.25) is 0 Å². The Balaban J connectivity index is 2.37. The number of ether oxygens (including phenoxy) is 1. The third-order valence-electron chi connectivity index (χ3n) is 2.43. The molecule has 0 radical (unpaired) electrons. The van der Waals surface area contributed by atoms with Gasteiger partial charge in [0.05, 0.1) is 18.9 Å². The maximum atomic E-state index is 12.0. The maximum Gasteiger partial charge on any atom is 0.350 e. The zero-order valence-electron chi connectivity index (χ0n) is 11.0. The number of rotatable bonds is 6. The Morgan fingerprint density at radius 3 is 2.80 bits per heavy atom. The molecule has 0 bridgehead atoms. The minimum Gasteiger partial charge on any atom is -0.462 e. The number of thioether (sulfide) groups is 1. The average Bonchev–Trinajstić information content (AvgIpc) is 2.90. The summed E-state index contributed by atoms with van der Waals surface area (Å²) >= 11 is 2.74. The van der Waals surface area contributed by atoms with Crippen molar-refractivity contribution < 1.29 is 14.6 Å². The summed E-state index contributed by atoms with van der Waals surface area (Å²) < 4.78 is 5.85. The Kier molecular flexibility index (Phi) is 5.58. The highest BCUT2D eigenvalue weighted by molar-refractivity contribution is 8.01. The summed E-state index contributed by atoms with van der Waals surface area (Å²) in [6.07, 6.45) is 0. The summed E-state index contributed by atoms with van der Waals surface area (Å²) in [5.41, 5.74) is 1.54. The lowest BCUT2D eigenvalue weighted by atomic mass is 10.1. The molecule has 4 nitrogen and oxygen atoms in total. The van der Waals surface area contributed by atoms with Crippen LogP contribution in [0.3, 0.4) is 0 Å². The lowest BCUT2D eigenvalue weighted by Crippen LogP contribution is -2.03. The number of hydrogen-bond donors (Lipinski definition) is 1. The molecule has 0 spiro atoms. The van der Waals surface area contributed by atoms with Crippen molar-refractivity contribution in [3.05, 3.63) is 35.2 Å². The molecule has 1 aromatic carbocycles. The van der Waals surface area contributed by atoms with Gasteiger partial charge in [-0.25, -0.2) is 9.78 Å². The van der Waals surface area contributed by atoms with Crippen LogP contribution in [0.25, 0.3) is 11.3 Å². The van der Waals surface area contributed by atoms with Gasteiger partial charge in [0.15, 0.2) is 4.34 Å². The van der Waals surface area contributed by atoms with Gasteiger partial charge in [-0.05, 0) is 6.92 Å². The van der Waals surface area contributed by atoms with Crippen LogP contribution in [0.1, 0.15) is 16.6 Å². The van der Waals surface area contributed by atoms with E-state index in [4.69, 9.17) is 9.84 Å². The van der Waals surface area contributed by atoms with Crippen LogP contribution in [0.4, 0.5) is 0 Å². The average molecular weight is 309 g/mol. The van der Waals surface area contributed by atoms with E-state index in [0.29, 0.717) is 22.9 Å². The van der Waals surface area contributed by atoms with Crippen LogP contribution in [0.2, 0.25) is 0 Å². The molecule has 0 aliphatic heterocycles. The summed E-state index contributed by atoms with van der Waals surface area (Å²) in [4.78, 5) is 17.0. The first kappa shape index (κ1) is 15.0. The van der Waals surface area contributed by atoms with Crippen molar-refractivity contribution in [1.29, 1.82) is 0 Å². The smallest absolute Gasteiger partial charge is 0.350 e. The van der Waals surface area contributed by atoms with Gasteiger partial charge in [-0.2, -0.15) is 0 Å². The van der Waals surface area contributed by atoms with E-state index >= 15 is 0 Å². The van der Waals surface area contributed by atoms with E-state index in [1.54, 1.807) is 6.92 Å². The van der Waals surface area contributed by atoms with Gasteiger partial charge < -0.3 is 9.84 Å². The lowest BCUT2D eigenvalue weighted by Gasteiger charge is -2.01. The molecule has 1 heterocycles. The lowest BCUT2D eigenvalue weighted by molar-refractivity contribution is 0.0532. The molecule has 1 aromatic heterocycles. The molecule has 1 N–H and O–H groups in total. The van der Waals surface area contributed by atoms with E-state index in [9.17, 15) is 4.79 Å². The molecular formula is C14H15NO3S2. The van der Waals surface area contributed by atoms with Gasteiger partial charge >= 0.3 is 5.97 Å². The van der Waals surface area contributed by atoms with Gasteiger partial charge in [-0.1, -0.05) is 53.4 Å². The molecule has 6 heteroatoms. The molecule has 0 aliphatic carbocycles. The molecule has 0 saturated heterocycles. The van der Waals surface area contributed by atoms with Crippen LogP contribution in [-0.2, 0) is 4.74 Å². The number of aromatic nitrogens is 1. The molecular weight excluding hydrogens is 294 g/mol. The Hall–Kier alpha value is -1.37. The molecule has 0 saturated carbocycles. The molecule has 106 valence electrons. The first-order valence-electron chi connectivity index (χ1n) is 6.23. The second kappa shape index (κ2) is 7.42. The normalized spacial score (nSPS) is 10.5. The molecule has 0 amide bonds. The minimum atomic E-state index is -0.347. The Morgan fingerprint density at radius 1 is 1.40 bits per heavy atom. The fourth-order valence-electron chi connectivity index (χ4n) is 1.62. The van der Waals surface area contributed by atoms with Crippen LogP contribution in [0.5, 0.6) is 0 Å². The Labute approximate surface area is 125 Å². The SMILES string of the molecule is CCOC(=O)c1sc(SCCO)nc1-c1ccccc1. The minimum absolute atomic E-state index is 0.0830.